The van der Waals surface area contributed by atoms with Crippen LogP contribution in [0.3, 0.4) is 0 Å². The molecule has 12 fully saturated rings. The molecule has 112 heavy (non-hydrogen) atoms. The molecular formula is C90H133BrCl3N9O9. The van der Waals surface area contributed by atoms with E-state index in [0.29, 0.717) is 103 Å². The fourth-order valence-electron chi connectivity index (χ4n) is 28.5. The molecule has 3 aromatic carbocycles. The standard InChI is InChI=1S/2C29H40ClN3O3.C23H37BrO3.C6H4ClN3.3CH4/c1-27(35)12-13-29(17-36-3)18(15-27)4-6-20-21-7-8-23(28(21,2)11-10-22(20)29)26(34)16-33-25-9-5-19(30)14-24(25)31-32-33;1-27(35)12-13-29(17-36-3)18(15-27)4-6-20-21-7-8-23(28(21,2)11-10-22(20)29)26(34)16-33-25-14-19(30)5-9-24(25)31-32-33;1-21(26)10-11-23(14-27-3)15(12-21)4-5-16-17-6-7-19(20(25)13-24)22(17,2)9-8-18(16)23;7-4-1-2-5-6(3-4)9-10-8-5;;;/h2*5,9,14,18,20-23,35H,4,6-8,10-13,15-17H2,1-3H3;15-19,26H,4-14H2,1-3H3;1-3H,(H,8,9,10);3*1H4/t2*18-,20+,21+,22+,23-,27-,28+,29-;15-,16+,17+,18+,19-,21-,22+,23-;;;;/m111..../s1. The van der Waals surface area contributed by atoms with E-state index in [9.17, 15) is 29.7 Å². The molecule has 0 spiro atoms. The van der Waals surface area contributed by atoms with E-state index in [1.54, 1.807) is 27.6 Å². The number of nitrogens with zero attached hydrogens (tertiary/aromatic N) is 8. The van der Waals surface area contributed by atoms with Crippen molar-refractivity contribution in [2.45, 2.75) is 267 Å². The molecule has 0 radical (unpaired) electrons. The van der Waals surface area contributed by atoms with Gasteiger partial charge in [0.2, 0.25) is 0 Å². The number of aromatic amines is 1. The molecule has 4 N–H and O–H groups in total. The van der Waals surface area contributed by atoms with Crippen LogP contribution in [0.2, 0.25) is 15.1 Å². The Morgan fingerprint density at radius 2 is 0.786 bits per heavy atom. The number of halogens is 4. The van der Waals surface area contributed by atoms with Gasteiger partial charge < -0.3 is 29.5 Å². The Morgan fingerprint density at radius 1 is 0.429 bits per heavy atom. The first-order chi connectivity index (χ1) is 52.0. The minimum atomic E-state index is -0.543. The highest BCUT2D eigenvalue weighted by atomic mass is 79.9. The number of fused-ring (bicyclic) bond motifs is 18. The summed E-state index contributed by atoms with van der Waals surface area (Å²) in [5, 5.41) is 62.2. The lowest BCUT2D eigenvalue weighted by Gasteiger charge is -2.62. The maximum atomic E-state index is 13.8. The molecule has 0 unspecified atom stereocenters. The normalized spacial score (nSPS) is 40.5. The van der Waals surface area contributed by atoms with Gasteiger partial charge in [-0.3, -0.25) is 14.4 Å². The quantitative estimate of drug-likeness (QED) is 0.0741. The molecule has 0 aliphatic heterocycles. The number of ketones is 3. The molecule has 3 aromatic heterocycles. The van der Waals surface area contributed by atoms with Crippen LogP contribution in [0.15, 0.2) is 54.6 Å². The second-order valence-corrected chi connectivity index (χ2v) is 40.7. The van der Waals surface area contributed by atoms with Crippen LogP contribution in [0.5, 0.6) is 0 Å². The van der Waals surface area contributed by atoms with Gasteiger partial charge in [0.15, 0.2) is 11.6 Å². The van der Waals surface area contributed by atoms with Gasteiger partial charge in [0.05, 0.1) is 53.0 Å². The van der Waals surface area contributed by atoms with Gasteiger partial charge in [0.25, 0.3) is 0 Å². The summed E-state index contributed by atoms with van der Waals surface area (Å²) in [6.45, 7) is 16.3. The molecule has 620 valence electrons. The van der Waals surface area contributed by atoms with Gasteiger partial charge in [-0.2, -0.15) is 15.4 Å². The number of aliphatic hydroxyl groups is 3. The van der Waals surface area contributed by atoms with Crippen LogP contribution in [0, 0.1) is 121 Å². The fourth-order valence-corrected chi connectivity index (χ4v) is 29.4. The Morgan fingerprint density at radius 3 is 1.20 bits per heavy atom. The molecule has 24 atom stereocenters. The Labute approximate surface area is 690 Å². The number of ether oxygens (including phenoxy) is 3. The first kappa shape index (κ1) is 87.3. The van der Waals surface area contributed by atoms with E-state index in [1.807, 2.05) is 78.5 Å². The molecule has 0 bridgehead atoms. The lowest BCUT2D eigenvalue weighted by atomic mass is 9.43. The summed E-state index contributed by atoms with van der Waals surface area (Å²) in [4.78, 5) is 40.1. The third-order valence-corrected chi connectivity index (χ3v) is 34.6. The highest BCUT2D eigenvalue weighted by Gasteiger charge is 2.67. The van der Waals surface area contributed by atoms with E-state index in [1.165, 1.54) is 70.6 Å². The number of methoxy groups -OCH3 is 3. The first-order valence-electron chi connectivity index (χ1n) is 41.7. The Kier molecular flexibility index (Phi) is 26.2. The van der Waals surface area contributed by atoms with Crippen molar-refractivity contribution in [2.24, 2.45) is 121 Å². The molecule has 6 aromatic rings. The molecule has 12 saturated carbocycles. The highest BCUT2D eigenvalue weighted by Crippen LogP contribution is 2.72. The number of carbonyl (C=O) groups excluding carboxylic acids is 3. The van der Waals surface area contributed by atoms with E-state index >= 15 is 0 Å². The van der Waals surface area contributed by atoms with E-state index in [4.69, 9.17) is 49.0 Å². The van der Waals surface area contributed by atoms with Gasteiger partial charge in [0.1, 0.15) is 40.9 Å². The number of aromatic nitrogens is 9. The Hall–Kier alpha value is -4.02. The number of hydrogen-bond acceptors (Lipinski definition) is 15. The number of benzene rings is 3. The van der Waals surface area contributed by atoms with Crippen molar-refractivity contribution in [2.75, 3.05) is 46.5 Å². The average Bonchev–Trinajstić information content (AvgIpc) is 1.35. The zero-order chi connectivity index (χ0) is 77.0. The van der Waals surface area contributed by atoms with Crippen LogP contribution in [0.1, 0.15) is 237 Å². The summed E-state index contributed by atoms with van der Waals surface area (Å²) < 4.78 is 21.1. The summed E-state index contributed by atoms with van der Waals surface area (Å²) in [6, 6.07) is 16.4. The van der Waals surface area contributed by atoms with Crippen molar-refractivity contribution in [1.29, 1.82) is 0 Å². The van der Waals surface area contributed by atoms with E-state index < -0.39 is 16.8 Å². The number of carbonyl (C=O) groups is 3. The first-order valence-corrected chi connectivity index (χ1v) is 43.9. The van der Waals surface area contributed by atoms with Gasteiger partial charge >= 0.3 is 0 Å². The molecule has 0 saturated heterocycles. The SMILES string of the molecule is C.C.C.COC[C@]12CC[C@@](C)(O)C[C@H]1CC[C@H]1[C@@H]3CC[C@H](C(=O)CBr)[C@@]3(C)CC[C@@H]12.COC[C@]12CC[C@@](C)(O)C[C@H]1CC[C@H]1[C@@H]3CC[C@H](C(=O)Cn4nnc5cc(Cl)ccc54)[C@@]3(C)CC[C@@H]12.COC[C@]12CC[C@@](C)(O)C[C@H]1CC[C@H]1[C@@H]3CC[C@H](C(=O)Cn4nnc5ccc(Cl)cc54)[C@@]3(C)CC[C@@H]12.Clc1ccc2n[nH]nc2c1. The molecule has 22 heteroatoms. The minimum absolute atomic E-state index is 0. The maximum Gasteiger partial charge on any atom is 0.157 e. The monoisotopic (exact) mass is 1670 g/mol. The molecule has 12 aliphatic carbocycles. The minimum Gasteiger partial charge on any atom is -0.390 e. The van der Waals surface area contributed by atoms with Crippen LogP contribution >= 0.6 is 50.7 Å². The van der Waals surface area contributed by atoms with Gasteiger partial charge in [-0.1, -0.05) is 104 Å². The van der Waals surface area contributed by atoms with Crippen molar-refractivity contribution in [3.05, 3.63) is 69.7 Å². The third-order valence-electron chi connectivity index (χ3n) is 33.3. The molecule has 18 nitrogen and oxygen atoms in total. The number of H-pyrrole nitrogens is 1. The zero-order valence-corrected chi connectivity index (χ0v) is 69.9. The van der Waals surface area contributed by atoms with E-state index in [2.05, 4.69) is 72.7 Å². The summed E-state index contributed by atoms with van der Waals surface area (Å²) in [5.74, 6) is 9.02. The Balaban J connectivity index is 0.000000146. The predicted octanol–water partition coefficient (Wildman–Crippen LogP) is 19.9. The predicted molar refractivity (Wildman–Crippen MR) is 449 cm³/mol. The van der Waals surface area contributed by atoms with Crippen molar-refractivity contribution in [1.82, 2.24) is 45.4 Å². The average molecular weight is 1670 g/mol. The summed E-state index contributed by atoms with van der Waals surface area (Å²) in [5.41, 5.74) is 4.17. The summed E-state index contributed by atoms with van der Waals surface area (Å²) in [7, 11) is 5.55. The number of alkyl halides is 1. The van der Waals surface area contributed by atoms with E-state index in [0.717, 1.165) is 162 Å². The number of Topliss-reactive ketones (excluding diaryl/α,β-unsaturated/α-hetero) is 3. The highest BCUT2D eigenvalue weighted by molar-refractivity contribution is 9.09. The fraction of sp³-hybridized carbons (Fsp3) is 0.767. The summed E-state index contributed by atoms with van der Waals surface area (Å²) in [6.07, 6.45) is 29.5. The maximum absolute atomic E-state index is 13.8. The van der Waals surface area contributed by atoms with Crippen LogP contribution < -0.4 is 0 Å². The zero-order valence-electron chi connectivity index (χ0n) is 66.1. The Bertz CT molecular complexity index is 4300. The lowest BCUT2D eigenvalue weighted by molar-refractivity contribution is -0.175. The number of hydrogen-bond donors (Lipinski definition) is 4. The van der Waals surface area contributed by atoms with Crippen LogP contribution in [-0.2, 0) is 41.7 Å². The second-order valence-electron chi connectivity index (χ2n) is 38.8. The third kappa shape index (κ3) is 15.7. The van der Waals surface area contributed by atoms with Gasteiger partial charge in [-0.15, -0.1) is 10.2 Å². The molecule has 0 amide bonds. The van der Waals surface area contributed by atoms with Gasteiger partial charge in [0, 0.05) is 54.2 Å². The van der Waals surface area contributed by atoms with Crippen molar-refractivity contribution >= 4 is 101 Å². The molecular weight excluding hydrogens is 1540 g/mol. The second kappa shape index (κ2) is 33.6. The largest absolute Gasteiger partial charge is 0.390 e. The molecule has 18 rings (SSSR count). The van der Waals surface area contributed by atoms with Crippen LogP contribution in [0.4, 0.5) is 0 Å². The van der Waals surface area contributed by atoms with Gasteiger partial charge in [-0.05, 0) is 352 Å². The topological polar surface area (TPSA) is 243 Å². The van der Waals surface area contributed by atoms with Gasteiger partial charge in [-0.25, -0.2) is 9.36 Å². The number of rotatable bonds is 14. The van der Waals surface area contributed by atoms with Crippen LogP contribution in [-0.4, -0.2) is 141 Å². The number of nitrogens with one attached hydrogen (secondary N) is 1. The van der Waals surface area contributed by atoms with Crippen molar-refractivity contribution < 1.29 is 43.9 Å². The molecule has 3 heterocycles. The molecule has 12 aliphatic rings. The summed E-state index contributed by atoms with van der Waals surface area (Å²) >= 11 is 21.4. The lowest BCUT2D eigenvalue weighted by Crippen LogP contribution is -2.58. The smallest absolute Gasteiger partial charge is 0.157 e. The van der Waals surface area contributed by atoms with E-state index in [-0.39, 0.29) is 85.6 Å². The van der Waals surface area contributed by atoms with Crippen LogP contribution in [0.25, 0.3) is 33.1 Å². The van der Waals surface area contributed by atoms with Crippen molar-refractivity contribution in [3.63, 3.8) is 0 Å². The van der Waals surface area contributed by atoms with Crippen molar-refractivity contribution in [3.8, 4) is 0 Å².